The van der Waals surface area contributed by atoms with Gasteiger partial charge in [-0.2, -0.15) is 0 Å². The van der Waals surface area contributed by atoms with Crippen molar-refractivity contribution in [3.63, 3.8) is 0 Å². The van der Waals surface area contributed by atoms with Crippen LogP contribution >= 0.6 is 0 Å². The number of benzene rings is 2. The van der Waals surface area contributed by atoms with Crippen LogP contribution in [0.15, 0.2) is 66.9 Å². The molecule has 0 saturated carbocycles. The lowest BCUT2D eigenvalue weighted by Gasteiger charge is -2.38. The molecule has 0 N–H and O–H groups in total. The zero-order valence-electron chi connectivity index (χ0n) is 17.0. The minimum atomic E-state index is -0.145. The monoisotopic (exact) mass is 387 g/mol. The Morgan fingerprint density at radius 3 is 2.62 bits per heavy atom. The highest BCUT2D eigenvalue weighted by Gasteiger charge is 2.34. The van der Waals surface area contributed by atoms with Crippen LogP contribution in [0.3, 0.4) is 0 Å². The SMILES string of the molecule is COc1ccc2c(c1)CCN(C(=O)c1cccnc1N(C)C)C2c1ccccc1. The fraction of sp³-hybridized carbons (Fsp3) is 0.250. The van der Waals surface area contributed by atoms with E-state index in [0.717, 1.165) is 23.3 Å². The summed E-state index contributed by atoms with van der Waals surface area (Å²) in [5.41, 5.74) is 4.09. The van der Waals surface area contributed by atoms with Crippen molar-refractivity contribution in [1.29, 1.82) is 0 Å². The molecule has 0 bridgehead atoms. The quantitative estimate of drug-likeness (QED) is 0.680. The van der Waals surface area contributed by atoms with Gasteiger partial charge in [0.2, 0.25) is 0 Å². The number of nitrogens with zero attached hydrogens (tertiary/aromatic N) is 3. The molecule has 0 aliphatic carbocycles. The van der Waals surface area contributed by atoms with E-state index >= 15 is 0 Å². The minimum Gasteiger partial charge on any atom is -0.497 e. The van der Waals surface area contributed by atoms with Gasteiger partial charge in [-0.3, -0.25) is 4.79 Å². The Labute approximate surface area is 171 Å². The Kier molecular flexibility index (Phi) is 5.21. The second kappa shape index (κ2) is 7.95. The minimum absolute atomic E-state index is 0.00267. The molecule has 2 heterocycles. The smallest absolute Gasteiger partial charge is 0.258 e. The summed E-state index contributed by atoms with van der Waals surface area (Å²) in [4.78, 5) is 21.9. The van der Waals surface area contributed by atoms with Crippen LogP contribution in [-0.4, -0.2) is 43.5 Å². The number of rotatable bonds is 4. The number of pyridine rings is 1. The molecule has 29 heavy (non-hydrogen) atoms. The summed E-state index contributed by atoms with van der Waals surface area (Å²) in [5.74, 6) is 1.53. The Balaban J connectivity index is 1.81. The van der Waals surface area contributed by atoms with Crippen LogP contribution in [0.2, 0.25) is 0 Å². The van der Waals surface area contributed by atoms with Crippen LogP contribution in [0.1, 0.15) is 33.1 Å². The lowest BCUT2D eigenvalue weighted by atomic mass is 9.87. The molecule has 1 aliphatic rings. The molecule has 5 nitrogen and oxygen atoms in total. The van der Waals surface area contributed by atoms with Gasteiger partial charge in [0.25, 0.3) is 5.91 Å². The normalized spacial score (nSPS) is 15.6. The second-order valence-corrected chi connectivity index (χ2v) is 7.40. The number of carbonyl (C=O) groups excluding carboxylic acids is 1. The molecular formula is C24H25N3O2. The van der Waals surface area contributed by atoms with E-state index in [1.807, 2.05) is 60.3 Å². The number of amides is 1. The Hall–Kier alpha value is -3.34. The summed E-state index contributed by atoms with van der Waals surface area (Å²) in [6.07, 6.45) is 2.51. The third-order valence-electron chi connectivity index (χ3n) is 5.40. The highest BCUT2D eigenvalue weighted by Crippen LogP contribution is 2.38. The molecule has 148 valence electrons. The zero-order chi connectivity index (χ0) is 20.4. The lowest BCUT2D eigenvalue weighted by Crippen LogP contribution is -2.41. The van der Waals surface area contributed by atoms with Crippen LogP contribution in [0.25, 0.3) is 0 Å². The number of methoxy groups -OCH3 is 1. The van der Waals surface area contributed by atoms with E-state index in [1.165, 1.54) is 5.56 Å². The molecular weight excluding hydrogens is 362 g/mol. The number of hydrogen-bond acceptors (Lipinski definition) is 4. The number of fused-ring (bicyclic) bond motifs is 1. The number of anilines is 1. The second-order valence-electron chi connectivity index (χ2n) is 7.40. The predicted octanol–water partition coefficient (Wildman–Crippen LogP) is 3.94. The first-order valence-electron chi connectivity index (χ1n) is 9.75. The van der Waals surface area contributed by atoms with E-state index in [-0.39, 0.29) is 11.9 Å². The van der Waals surface area contributed by atoms with Crippen molar-refractivity contribution in [1.82, 2.24) is 9.88 Å². The van der Waals surface area contributed by atoms with E-state index in [2.05, 4.69) is 29.2 Å². The van der Waals surface area contributed by atoms with Gasteiger partial charge in [-0.15, -0.1) is 0 Å². The summed E-state index contributed by atoms with van der Waals surface area (Å²) in [7, 11) is 5.50. The van der Waals surface area contributed by atoms with E-state index in [0.29, 0.717) is 17.9 Å². The number of carbonyl (C=O) groups is 1. The average molecular weight is 387 g/mol. The third kappa shape index (κ3) is 3.56. The molecule has 0 saturated heterocycles. The lowest BCUT2D eigenvalue weighted by molar-refractivity contribution is 0.0695. The molecule has 1 amide bonds. The van der Waals surface area contributed by atoms with Crippen molar-refractivity contribution >= 4 is 11.7 Å². The standard InChI is InChI=1S/C24H25N3O2/c1-26(2)23-21(10-7-14-25-23)24(28)27-15-13-18-16-19(29-3)11-12-20(18)22(27)17-8-5-4-6-9-17/h4-12,14,16,22H,13,15H2,1-3H3. The van der Waals surface area contributed by atoms with E-state index in [1.54, 1.807) is 13.3 Å². The summed E-state index contributed by atoms with van der Waals surface area (Å²) >= 11 is 0. The maximum atomic E-state index is 13.7. The van der Waals surface area contributed by atoms with Crippen molar-refractivity contribution in [3.05, 3.63) is 89.1 Å². The van der Waals surface area contributed by atoms with Gasteiger partial charge in [0.05, 0.1) is 18.7 Å². The third-order valence-corrected chi connectivity index (χ3v) is 5.40. The van der Waals surface area contributed by atoms with Gasteiger partial charge in [0.1, 0.15) is 11.6 Å². The van der Waals surface area contributed by atoms with Gasteiger partial charge in [0.15, 0.2) is 0 Å². The maximum absolute atomic E-state index is 13.7. The van der Waals surface area contributed by atoms with Crippen LogP contribution in [0.5, 0.6) is 5.75 Å². The maximum Gasteiger partial charge on any atom is 0.258 e. The molecule has 1 unspecified atom stereocenters. The molecule has 0 spiro atoms. The fourth-order valence-corrected chi connectivity index (χ4v) is 4.02. The Morgan fingerprint density at radius 1 is 1.10 bits per heavy atom. The summed E-state index contributed by atoms with van der Waals surface area (Å²) in [5, 5.41) is 0. The number of ether oxygens (including phenoxy) is 1. The first-order chi connectivity index (χ1) is 14.1. The summed E-state index contributed by atoms with van der Waals surface area (Å²) < 4.78 is 5.41. The Morgan fingerprint density at radius 2 is 1.90 bits per heavy atom. The van der Waals surface area contributed by atoms with Crippen molar-refractivity contribution in [2.24, 2.45) is 0 Å². The first-order valence-corrected chi connectivity index (χ1v) is 9.75. The molecule has 1 aromatic heterocycles. The topological polar surface area (TPSA) is 45.7 Å². The van der Waals surface area contributed by atoms with Gasteiger partial charge >= 0.3 is 0 Å². The van der Waals surface area contributed by atoms with E-state index < -0.39 is 0 Å². The number of aromatic nitrogens is 1. The van der Waals surface area contributed by atoms with Gasteiger partial charge in [-0.05, 0) is 47.4 Å². The molecule has 1 aliphatic heterocycles. The largest absolute Gasteiger partial charge is 0.497 e. The highest BCUT2D eigenvalue weighted by atomic mass is 16.5. The van der Waals surface area contributed by atoms with E-state index in [4.69, 9.17) is 4.74 Å². The van der Waals surface area contributed by atoms with Crippen LogP contribution < -0.4 is 9.64 Å². The molecule has 1 atom stereocenters. The fourth-order valence-electron chi connectivity index (χ4n) is 4.02. The summed E-state index contributed by atoms with van der Waals surface area (Å²) in [6.45, 7) is 0.639. The van der Waals surface area contributed by atoms with Crippen LogP contribution in [0, 0.1) is 0 Å². The van der Waals surface area contributed by atoms with Gasteiger partial charge < -0.3 is 14.5 Å². The van der Waals surface area contributed by atoms with Crippen molar-refractivity contribution in [2.75, 3.05) is 32.6 Å². The van der Waals surface area contributed by atoms with E-state index in [9.17, 15) is 4.79 Å². The first kappa shape index (κ1) is 19.0. The van der Waals surface area contributed by atoms with Gasteiger partial charge in [-0.25, -0.2) is 4.98 Å². The number of hydrogen-bond donors (Lipinski definition) is 0. The van der Waals surface area contributed by atoms with Crippen LogP contribution in [-0.2, 0) is 6.42 Å². The molecule has 0 radical (unpaired) electrons. The summed E-state index contributed by atoms with van der Waals surface area (Å²) in [6, 6.07) is 19.9. The van der Waals surface area contributed by atoms with Gasteiger partial charge in [0, 0.05) is 26.8 Å². The molecule has 3 aromatic rings. The van der Waals surface area contributed by atoms with Gasteiger partial charge in [-0.1, -0.05) is 36.4 Å². The average Bonchev–Trinajstić information content (AvgIpc) is 2.77. The predicted molar refractivity (Wildman–Crippen MR) is 115 cm³/mol. The molecule has 0 fully saturated rings. The van der Waals surface area contributed by atoms with Crippen molar-refractivity contribution < 1.29 is 9.53 Å². The Bertz CT molecular complexity index is 1020. The molecule has 5 heteroatoms. The van der Waals surface area contributed by atoms with Crippen LogP contribution in [0.4, 0.5) is 5.82 Å². The zero-order valence-corrected chi connectivity index (χ0v) is 17.0. The van der Waals surface area contributed by atoms with Crippen molar-refractivity contribution in [2.45, 2.75) is 12.5 Å². The highest BCUT2D eigenvalue weighted by molar-refractivity contribution is 5.99. The molecule has 2 aromatic carbocycles. The molecule has 4 rings (SSSR count). The van der Waals surface area contributed by atoms with Crippen molar-refractivity contribution in [3.8, 4) is 5.75 Å².